The summed E-state index contributed by atoms with van der Waals surface area (Å²) < 4.78 is 5.04. The van der Waals surface area contributed by atoms with Crippen LogP contribution in [0.4, 0.5) is 0 Å². The average Bonchev–Trinajstić information content (AvgIpc) is 2.11. The van der Waals surface area contributed by atoms with Crippen LogP contribution in [0.5, 0.6) is 0 Å². The van der Waals surface area contributed by atoms with E-state index < -0.39 is 0 Å². The summed E-state index contributed by atoms with van der Waals surface area (Å²) in [6.07, 6.45) is 3.89. The maximum Gasteiger partial charge on any atom is 0.0587 e. The number of ether oxygens (including phenoxy) is 1. The number of nitrogens with one attached hydrogen (secondary N) is 1. The Kier molecular flexibility index (Phi) is 8.07. The van der Waals surface area contributed by atoms with Gasteiger partial charge in [-0.15, -0.1) is 0 Å². The first-order chi connectivity index (χ1) is 7.04. The zero-order chi connectivity index (χ0) is 11.7. The lowest BCUT2D eigenvalue weighted by Crippen LogP contribution is -2.34. The highest BCUT2D eigenvalue weighted by molar-refractivity contribution is 4.77. The molecule has 0 spiro atoms. The molecule has 0 radical (unpaired) electrons. The number of hydrogen-bond donors (Lipinski definition) is 1. The predicted molar refractivity (Wildman–Crippen MR) is 67.2 cm³/mol. The molecule has 15 heavy (non-hydrogen) atoms. The van der Waals surface area contributed by atoms with E-state index >= 15 is 0 Å². The Balaban J connectivity index is 3.89. The molecule has 2 nitrogen and oxygen atoms in total. The van der Waals surface area contributed by atoms with Gasteiger partial charge in [0.25, 0.3) is 0 Å². The molecule has 2 heteroatoms. The molecule has 1 N–H and O–H groups in total. The van der Waals surface area contributed by atoms with E-state index in [2.05, 4.69) is 33.0 Å². The first-order valence-corrected chi connectivity index (χ1v) is 6.23. The highest BCUT2D eigenvalue weighted by Gasteiger charge is 2.23. The zero-order valence-electron chi connectivity index (χ0n) is 11.2. The van der Waals surface area contributed by atoms with Gasteiger partial charge in [0.2, 0.25) is 0 Å². The molecule has 0 saturated heterocycles. The van der Waals surface area contributed by atoms with E-state index in [0.717, 1.165) is 25.6 Å². The Hall–Kier alpha value is -0.0800. The maximum atomic E-state index is 5.04. The Morgan fingerprint density at radius 1 is 1.33 bits per heavy atom. The van der Waals surface area contributed by atoms with Crippen molar-refractivity contribution < 1.29 is 4.74 Å². The van der Waals surface area contributed by atoms with Gasteiger partial charge in [-0.05, 0) is 24.2 Å². The number of methoxy groups -OCH3 is 1. The molecule has 0 amide bonds. The Labute approximate surface area is 95.8 Å². The van der Waals surface area contributed by atoms with Gasteiger partial charge >= 0.3 is 0 Å². The van der Waals surface area contributed by atoms with Gasteiger partial charge < -0.3 is 10.1 Å². The lowest BCUT2D eigenvalue weighted by Gasteiger charge is -2.31. The lowest BCUT2D eigenvalue weighted by atomic mass is 9.78. The normalized spacial score (nSPS) is 15.6. The minimum absolute atomic E-state index is 0.455. The predicted octanol–water partition coefficient (Wildman–Crippen LogP) is 3.07. The summed E-state index contributed by atoms with van der Waals surface area (Å²) in [5.74, 6) is 0.783. The van der Waals surface area contributed by atoms with Crippen LogP contribution < -0.4 is 5.32 Å². The topological polar surface area (TPSA) is 21.3 Å². The molecule has 0 fully saturated rings. The van der Waals surface area contributed by atoms with E-state index in [9.17, 15) is 0 Å². The van der Waals surface area contributed by atoms with Crippen molar-refractivity contribution in [1.29, 1.82) is 0 Å². The summed E-state index contributed by atoms with van der Waals surface area (Å²) >= 11 is 0. The third kappa shape index (κ3) is 7.80. The van der Waals surface area contributed by atoms with Gasteiger partial charge in [-0.2, -0.15) is 0 Å². The molecule has 92 valence electrons. The van der Waals surface area contributed by atoms with E-state index in [1.807, 2.05) is 0 Å². The lowest BCUT2D eigenvalue weighted by molar-refractivity contribution is 0.181. The van der Waals surface area contributed by atoms with E-state index in [-0.39, 0.29) is 0 Å². The van der Waals surface area contributed by atoms with Crippen LogP contribution in [-0.2, 0) is 4.74 Å². The SMILES string of the molecule is CCCC(C)(CNCCOC)CC(C)C. The second-order valence-electron chi connectivity index (χ2n) is 5.33. The molecule has 0 aliphatic carbocycles. The molecule has 0 aromatic carbocycles. The minimum Gasteiger partial charge on any atom is -0.383 e. The Morgan fingerprint density at radius 2 is 2.00 bits per heavy atom. The summed E-state index contributed by atoms with van der Waals surface area (Å²) in [6.45, 7) is 12.2. The number of rotatable bonds is 9. The van der Waals surface area contributed by atoms with Crippen LogP contribution in [0.25, 0.3) is 0 Å². The van der Waals surface area contributed by atoms with Crippen molar-refractivity contribution in [2.45, 2.75) is 47.0 Å². The highest BCUT2D eigenvalue weighted by atomic mass is 16.5. The van der Waals surface area contributed by atoms with Crippen molar-refractivity contribution in [1.82, 2.24) is 5.32 Å². The second kappa shape index (κ2) is 8.12. The van der Waals surface area contributed by atoms with Gasteiger partial charge in [0.05, 0.1) is 6.61 Å². The van der Waals surface area contributed by atoms with Gasteiger partial charge in [-0.3, -0.25) is 0 Å². The van der Waals surface area contributed by atoms with Gasteiger partial charge in [0.15, 0.2) is 0 Å². The van der Waals surface area contributed by atoms with Crippen molar-refractivity contribution in [3.8, 4) is 0 Å². The first-order valence-electron chi connectivity index (χ1n) is 6.23. The molecule has 0 aliphatic rings. The molecule has 0 bridgehead atoms. The molecular weight excluding hydrogens is 186 g/mol. The second-order valence-corrected chi connectivity index (χ2v) is 5.33. The van der Waals surface area contributed by atoms with E-state index in [1.165, 1.54) is 19.3 Å². The maximum absolute atomic E-state index is 5.04. The zero-order valence-corrected chi connectivity index (χ0v) is 11.2. The molecule has 1 atom stereocenters. The van der Waals surface area contributed by atoms with Gasteiger partial charge in [-0.25, -0.2) is 0 Å². The monoisotopic (exact) mass is 215 g/mol. The van der Waals surface area contributed by atoms with Crippen LogP contribution in [0.15, 0.2) is 0 Å². The fraction of sp³-hybridized carbons (Fsp3) is 1.00. The third-order valence-corrected chi connectivity index (χ3v) is 2.79. The molecule has 0 aliphatic heterocycles. The Morgan fingerprint density at radius 3 is 2.47 bits per heavy atom. The van der Waals surface area contributed by atoms with Crippen LogP contribution in [-0.4, -0.2) is 26.8 Å². The van der Waals surface area contributed by atoms with Crippen molar-refractivity contribution in [2.24, 2.45) is 11.3 Å². The third-order valence-electron chi connectivity index (χ3n) is 2.79. The van der Waals surface area contributed by atoms with Crippen LogP contribution in [0.1, 0.15) is 47.0 Å². The molecule has 0 rings (SSSR count). The highest BCUT2D eigenvalue weighted by Crippen LogP contribution is 2.30. The minimum atomic E-state index is 0.455. The smallest absolute Gasteiger partial charge is 0.0587 e. The van der Waals surface area contributed by atoms with Gasteiger partial charge in [0.1, 0.15) is 0 Å². The average molecular weight is 215 g/mol. The molecule has 1 unspecified atom stereocenters. The molecule has 0 heterocycles. The standard InChI is InChI=1S/C13H29NO/c1-6-7-13(4,10-12(2)3)11-14-8-9-15-5/h12,14H,6-11H2,1-5H3. The molecule has 0 aromatic rings. The fourth-order valence-corrected chi connectivity index (χ4v) is 2.42. The number of hydrogen-bond acceptors (Lipinski definition) is 2. The van der Waals surface area contributed by atoms with E-state index in [4.69, 9.17) is 4.74 Å². The van der Waals surface area contributed by atoms with Crippen LogP contribution >= 0.6 is 0 Å². The first kappa shape index (κ1) is 14.9. The van der Waals surface area contributed by atoms with Crippen molar-refractivity contribution in [3.05, 3.63) is 0 Å². The quantitative estimate of drug-likeness (QED) is 0.597. The Bertz CT molecular complexity index is 147. The molecule has 0 saturated carbocycles. The van der Waals surface area contributed by atoms with Gasteiger partial charge in [-0.1, -0.05) is 34.1 Å². The summed E-state index contributed by atoms with van der Waals surface area (Å²) in [7, 11) is 1.75. The summed E-state index contributed by atoms with van der Waals surface area (Å²) in [5, 5.41) is 3.49. The molecular formula is C13H29NO. The van der Waals surface area contributed by atoms with Crippen LogP contribution in [0.3, 0.4) is 0 Å². The summed E-state index contributed by atoms with van der Waals surface area (Å²) in [4.78, 5) is 0. The fourth-order valence-electron chi connectivity index (χ4n) is 2.42. The van der Waals surface area contributed by atoms with E-state index in [1.54, 1.807) is 7.11 Å². The van der Waals surface area contributed by atoms with Crippen molar-refractivity contribution >= 4 is 0 Å². The van der Waals surface area contributed by atoms with Gasteiger partial charge in [0, 0.05) is 20.2 Å². The van der Waals surface area contributed by atoms with Crippen molar-refractivity contribution in [3.63, 3.8) is 0 Å². The van der Waals surface area contributed by atoms with Crippen LogP contribution in [0, 0.1) is 11.3 Å². The van der Waals surface area contributed by atoms with E-state index in [0.29, 0.717) is 5.41 Å². The van der Waals surface area contributed by atoms with Crippen LogP contribution in [0.2, 0.25) is 0 Å². The summed E-state index contributed by atoms with van der Waals surface area (Å²) in [6, 6.07) is 0. The van der Waals surface area contributed by atoms with Crippen molar-refractivity contribution in [2.75, 3.05) is 26.8 Å². The molecule has 0 aromatic heterocycles. The summed E-state index contributed by atoms with van der Waals surface area (Å²) in [5.41, 5.74) is 0.455. The largest absolute Gasteiger partial charge is 0.383 e.